The van der Waals surface area contributed by atoms with Crippen molar-refractivity contribution in [3.63, 3.8) is 0 Å². The molecular formula is C24H19NO6S. The van der Waals surface area contributed by atoms with Gasteiger partial charge in [0.15, 0.2) is 0 Å². The molecule has 8 heteroatoms. The van der Waals surface area contributed by atoms with E-state index in [9.17, 15) is 22.8 Å². The number of rotatable bonds is 5. The smallest absolute Gasteiger partial charge is 0.335 e. The van der Waals surface area contributed by atoms with Gasteiger partial charge in [-0.2, -0.15) is 0 Å². The van der Waals surface area contributed by atoms with Gasteiger partial charge in [-0.25, -0.2) is 18.1 Å². The minimum Gasteiger partial charge on any atom is -0.478 e. The lowest BCUT2D eigenvalue weighted by Crippen LogP contribution is -2.29. The molecule has 4 rings (SSSR count). The number of fused-ring (bicyclic) bond motifs is 1. The minimum absolute atomic E-state index is 0.00571. The topological polar surface area (TPSA) is 109 Å². The molecule has 0 atom stereocenters. The van der Waals surface area contributed by atoms with E-state index in [0.29, 0.717) is 11.6 Å². The van der Waals surface area contributed by atoms with Crippen LogP contribution < -0.4 is 4.90 Å². The van der Waals surface area contributed by atoms with Crippen LogP contribution in [0.15, 0.2) is 76.5 Å². The summed E-state index contributed by atoms with van der Waals surface area (Å²) in [6, 6.07) is 15.7. The number of hydrogen-bond acceptors (Lipinski definition) is 5. The summed E-state index contributed by atoms with van der Waals surface area (Å²) >= 11 is 0. The molecule has 0 spiro atoms. The number of anilines is 1. The minimum atomic E-state index is -4.02. The number of sulfone groups is 1. The highest BCUT2D eigenvalue weighted by Gasteiger charge is 2.37. The maximum absolute atomic E-state index is 13.0. The molecule has 162 valence electrons. The summed E-state index contributed by atoms with van der Waals surface area (Å²) in [4.78, 5) is 37.6. The van der Waals surface area contributed by atoms with Gasteiger partial charge in [-0.3, -0.25) is 9.59 Å². The number of amides is 2. The van der Waals surface area contributed by atoms with Gasteiger partial charge < -0.3 is 5.11 Å². The van der Waals surface area contributed by atoms with Crippen molar-refractivity contribution in [2.45, 2.75) is 29.6 Å². The number of carboxylic acid groups (broad SMARTS) is 1. The monoisotopic (exact) mass is 449 g/mol. The van der Waals surface area contributed by atoms with Crippen LogP contribution >= 0.6 is 0 Å². The number of carbonyl (C=O) groups excluding carboxylic acids is 2. The molecule has 0 aromatic heterocycles. The summed E-state index contributed by atoms with van der Waals surface area (Å²) in [6.45, 7) is 4.07. The quantitative estimate of drug-likeness (QED) is 0.587. The Morgan fingerprint density at radius 1 is 0.812 bits per heavy atom. The van der Waals surface area contributed by atoms with Gasteiger partial charge in [0.2, 0.25) is 9.84 Å². The molecule has 0 saturated heterocycles. The third-order valence-corrected chi connectivity index (χ3v) is 7.17. The van der Waals surface area contributed by atoms with E-state index in [1.165, 1.54) is 42.5 Å². The second-order valence-corrected chi connectivity index (χ2v) is 9.68. The van der Waals surface area contributed by atoms with Crippen LogP contribution in [0.25, 0.3) is 0 Å². The summed E-state index contributed by atoms with van der Waals surface area (Å²) in [7, 11) is -4.02. The van der Waals surface area contributed by atoms with Crippen molar-refractivity contribution in [1.82, 2.24) is 0 Å². The van der Waals surface area contributed by atoms with E-state index in [1.54, 1.807) is 12.1 Å². The first-order valence-electron chi connectivity index (χ1n) is 9.82. The maximum atomic E-state index is 13.0. The zero-order valence-electron chi connectivity index (χ0n) is 17.3. The summed E-state index contributed by atoms with van der Waals surface area (Å²) in [6.07, 6.45) is 0. The molecule has 1 aliphatic rings. The van der Waals surface area contributed by atoms with Crippen LogP contribution in [0, 0.1) is 0 Å². The third kappa shape index (κ3) is 3.48. The molecule has 0 unspecified atom stereocenters. The molecule has 32 heavy (non-hydrogen) atoms. The van der Waals surface area contributed by atoms with Crippen LogP contribution in [0.1, 0.15) is 56.4 Å². The largest absolute Gasteiger partial charge is 0.478 e. The van der Waals surface area contributed by atoms with E-state index in [1.807, 2.05) is 26.0 Å². The van der Waals surface area contributed by atoms with Crippen molar-refractivity contribution in [3.05, 3.63) is 89.0 Å². The van der Waals surface area contributed by atoms with E-state index in [0.717, 1.165) is 10.5 Å². The molecule has 1 heterocycles. The van der Waals surface area contributed by atoms with Crippen molar-refractivity contribution in [1.29, 1.82) is 0 Å². The Kier molecular flexibility index (Phi) is 5.18. The Labute approximate surface area is 184 Å². The van der Waals surface area contributed by atoms with E-state index in [2.05, 4.69) is 0 Å². The second-order valence-electron chi connectivity index (χ2n) is 7.73. The highest BCUT2D eigenvalue weighted by atomic mass is 32.2. The third-order valence-electron chi connectivity index (χ3n) is 5.40. The summed E-state index contributed by atoms with van der Waals surface area (Å²) in [5, 5.41) is 8.99. The Balaban J connectivity index is 1.70. The molecular weight excluding hydrogens is 430 g/mol. The van der Waals surface area contributed by atoms with E-state index < -0.39 is 27.6 Å². The lowest BCUT2D eigenvalue weighted by Gasteiger charge is -2.15. The summed E-state index contributed by atoms with van der Waals surface area (Å²) in [5.74, 6) is -1.99. The van der Waals surface area contributed by atoms with Crippen LogP contribution in [0.2, 0.25) is 0 Å². The first-order valence-corrected chi connectivity index (χ1v) is 11.3. The Hall–Kier alpha value is -3.78. The fourth-order valence-electron chi connectivity index (χ4n) is 3.54. The zero-order chi connectivity index (χ0) is 23.2. The van der Waals surface area contributed by atoms with Crippen molar-refractivity contribution in [2.24, 2.45) is 0 Å². The number of carbonyl (C=O) groups is 3. The average Bonchev–Trinajstić information content (AvgIpc) is 3.03. The fourth-order valence-corrected chi connectivity index (χ4v) is 4.83. The highest BCUT2D eigenvalue weighted by molar-refractivity contribution is 7.91. The van der Waals surface area contributed by atoms with Crippen LogP contribution in [0.3, 0.4) is 0 Å². The van der Waals surface area contributed by atoms with Crippen LogP contribution in [-0.4, -0.2) is 31.3 Å². The lowest BCUT2D eigenvalue weighted by atomic mass is 10.0. The Bertz CT molecular complexity index is 1360. The first-order chi connectivity index (χ1) is 15.1. The summed E-state index contributed by atoms with van der Waals surface area (Å²) in [5.41, 5.74) is 1.56. The normalized spacial score (nSPS) is 13.5. The standard InChI is InChI=1S/C24H19NO6S/c1-14(2)15-3-7-17(8-4-15)25-22(26)20-12-11-19(13-21(20)23(25)27)32(30,31)18-9-5-16(6-10-18)24(28)29/h3-14H,1-2H3,(H,28,29). The molecule has 3 aromatic carbocycles. The number of carboxylic acids is 1. The zero-order valence-corrected chi connectivity index (χ0v) is 18.1. The van der Waals surface area contributed by atoms with Crippen molar-refractivity contribution in [2.75, 3.05) is 4.90 Å². The molecule has 1 N–H and O–H groups in total. The average molecular weight is 449 g/mol. The van der Waals surface area contributed by atoms with Crippen molar-refractivity contribution < 1.29 is 27.9 Å². The lowest BCUT2D eigenvalue weighted by molar-refractivity contribution is 0.0696. The van der Waals surface area contributed by atoms with Gasteiger partial charge >= 0.3 is 5.97 Å². The highest BCUT2D eigenvalue weighted by Crippen LogP contribution is 2.32. The molecule has 2 amide bonds. The van der Waals surface area contributed by atoms with Gasteiger partial charge in [-0.15, -0.1) is 0 Å². The van der Waals surface area contributed by atoms with Crippen molar-refractivity contribution >= 4 is 33.3 Å². The van der Waals surface area contributed by atoms with Crippen LogP contribution in [0.5, 0.6) is 0 Å². The van der Waals surface area contributed by atoms with Crippen molar-refractivity contribution in [3.8, 4) is 0 Å². The fraction of sp³-hybridized carbons (Fsp3) is 0.125. The molecule has 0 fully saturated rings. The number of benzene rings is 3. The van der Waals surface area contributed by atoms with Gasteiger partial charge in [0.05, 0.1) is 32.2 Å². The van der Waals surface area contributed by atoms with E-state index >= 15 is 0 Å². The second kappa shape index (κ2) is 7.72. The molecule has 0 aliphatic carbocycles. The van der Waals surface area contributed by atoms with E-state index in [4.69, 9.17) is 5.11 Å². The number of hydrogen-bond donors (Lipinski definition) is 1. The molecule has 0 bridgehead atoms. The maximum Gasteiger partial charge on any atom is 0.335 e. The van der Waals surface area contributed by atoms with Gasteiger partial charge in [0.1, 0.15) is 0 Å². The predicted molar refractivity (Wildman–Crippen MR) is 117 cm³/mol. The van der Waals surface area contributed by atoms with Crippen LogP contribution in [-0.2, 0) is 9.84 Å². The van der Waals surface area contributed by atoms with E-state index in [-0.39, 0.29) is 26.5 Å². The van der Waals surface area contributed by atoms with Gasteiger partial charge in [-0.05, 0) is 66.1 Å². The molecule has 1 aliphatic heterocycles. The SMILES string of the molecule is CC(C)c1ccc(N2C(=O)c3ccc(S(=O)(=O)c4ccc(C(=O)O)cc4)cc3C2=O)cc1. The first kappa shape index (κ1) is 21.5. The molecule has 3 aromatic rings. The molecule has 0 saturated carbocycles. The van der Waals surface area contributed by atoms with Gasteiger partial charge in [0.25, 0.3) is 11.8 Å². The van der Waals surface area contributed by atoms with Gasteiger partial charge in [-0.1, -0.05) is 26.0 Å². The number of imide groups is 1. The Morgan fingerprint density at radius 3 is 1.94 bits per heavy atom. The van der Waals surface area contributed by atoms with Crippen LogP contribution in [0.4, 0.5) is 5.69 Å². The predicted octanol–water partition coefficient (Wildman–Crippen LogP) is 4.14. The molecule has 0 radical (unpaired) electrons. The number of nitrogens with zero attached hydrogens (tertiary/aromatic N) is 1. The van der Waals surface area contributed by atoms with Gasteiger partial charge in [0, 0.05) is 0 Å². The number of aromatic carboxylic acids is 1. The Morgan fingerprint density at radius 2 is 1.38 bits per heavy atom. The summed E-state index contributed by atoms with van der Waals surface area (Å²) < 4.78 is 26.0. The molecule has 7 nitrogen and oxygen atoms in total.